The number of nitrogens with zero attached hydrogens (tertiary/aromatic N) is 2. The molecule has 2 aromatic heterocycles. The topological polar surface area (TPSA) is 49.0 Å². The van der Waals surface area contributed by atoms with Crippen molar-refractivity contribution in [1.82, 2.24) is 15.1 Å². The van der Waals surface area contributed by atoms with Crippen LogP contribution in [0.5, 0.6) is 0 Å². The Labute approximate surface area is 148 Å². The molecule has 2 aliphatic rings. The minimum atomic E-state index is -0.250. The number of H-pyrrole nitrogens is 1. The Morgan fingerprint density at radius 1 is 1.28 bits per heavy atom. The van der Waals surface area contributed by atoms with Gasteiger partial charge in [0.1, 0.15) is 5.82 Å². The standard InChI is InChI=1S/C19H18FN3OS/c20-16-3-1-2-14-15(10-25-18(14)16)19(24)23(12-4-5-12)13-6-7-17-11(8-13)9-21-22-17/h1-3,9-10,12-13H,4-8H2,(H,21,22). The molecule has 0 saturated heterocycles. The molecule has 4 nitrogen and oxygen atoms in total. The average molecular weight is 355 g/mol. The Morgan fingerprint density at radius 2 is 2.16 bits per heavy atom. The van der Waals surface area contributed by atoms with E-state index in [1.165, 1.54) is 28.7 Å². The van der Waals surface area contributed by atoms with E-state index in [0.29, 0.717) is 16.3 Å². The molecule has 128 valence electrons. The molecule has 6 heteroatoms. The van der Waals surface area contributed by atoms with Crippen LogP contribution in [0, 0.1) is 5.82 Å². The van der Waals surface area contributed by atoms with Crippen molar-refractivity contribution in [2.45, 2.75) is 44.2 Å². The molecule has 0 radical (unpaired) electrons. The van der Waals surface area contributed by atoms with E-state index in [0.717, 1.165) is 37.5 Å². The van der Waals surface area contributed by atoms with Crippen LogP contribution in [-0.2, 0) is 12.8 Å². The second-order valence-corrected chi connectivity index (χ2v) is 7.86. The van der Waals surface area contributed by atoms with Gasteiger partial charge in [-0.15, -0.1) is 11.3 Å². The molecule has 25 heavy (non-hydrogen) atoms. The molecule has 3 aromatic rings. The smallest absolute Gasteiger partial charge is 0.255 e. The maximum atomic E-state index is 14.0. The number of aryl methyl sites for hydroxylation is 1. The molecule has 1 unspecified atom stereocenters. The Morgan fingerprint density at radius 3 is 3.00 bits per heavy atom. The van der Waals surface area contributed by atoms with Gasteiger partial charge in [0.2, 0.25) is 0 Å². The lowest BCUT2D eigenvalue weighted by atomic mass is 9.91. The highest BCUT2D eigenvalue weighted by atomic mass is 32.1. The molecule has 5 rings (SSSR count). The Kier molecular flexibility index (Phi) is 3.41. The molecule has 1 N–H and O–H groups in total. The first-order valence-electron chi connectivity index (χ1n) is 8.72. The largest absolute Gasteiger partial charge is 0.332 e. The molecule has 0 aliphatic heterocycles. The first kappa shape index (κ1) is 15.1. The van der Waals surface area contributed by atoms with Crippen LogP contribution in [0.3, 0.4) is 0 Å². The van der Waals surface area contributed by atoms with Gasteiger partial charge in [-0.1, -0.05) is 12.1 Å². The minimum absolute atomic E-state index is 0.0521. The van der Waals surface area contributed by atoms with E-state index in [1.54, 1.807) is 6.07 Å². The molecule has 1 saturated carbocycles. The van der Waals surface area contributed by atoms with Gasteiger partial charge in [-0.2, -0.15) is 5.10 Å². The van der Waals surface area contributed by atoms with Crippen LogP contribution in [0.15, 0.2) is 29.8 Å². The van der Waals surface area contributed by atoms with Crippen LogP contribution in [0.2, 0.25) is 0 Å². The number of fused-ring (bicyclic) bond motifs is 2. The van der Waals surface area contributed by atoms with Crippen LogP contribution >= 0.6 is 11.3 Å². The first-order valence-corrected chi connectivity index (χ1v) is 9.60. The molecule has 1 aromatic carbocycles. The first-order chi connectivity index (χ1) is 12.2. The zero-order chi connectivity index (χ0) is 17.0. The number of aromatic nitrogens is 2. The molecule has 2 heterocycles. The second-order valence-electron chi connectivity index (χ2n) is 6.98. The van der Waals surface area contributed by atoms with Gasteiger partial charge in [0, 0.05) is 28.5 Å². The van der Waals surface area contributed by atoms with E-state index in [1.807, 2.05) is 17.6 Å². The van der Waals surface area contributed by atoms with Crippen molar-refractivity contribution in [2.75, 3.05) is 0 Å². The molecule has 1 atom stereocenters. The highest BCUT2D eigenvalue weighted by molar-refractivity contribution is 7.17. The maximum absolute atomic E-state index is 14.0. The Bertz CT molecular complexity index is 959. The van der Waals surface area contributed by atoms with E-state index in [2.05, 4.69) is 15.1 Å². The predicted octanol–water partition coefficient (Wildman–Crippen LogP) is 3.93. The fraction of sp³-hybridized carbons (Fsp3) is 0.368. The van der Waals surface area contributed by atoms with Crippen molar-refractivity contribution < 1.29 is 9.18 Å². The lowest BCUT2D eigenvalue weighted by Gasteiger charge is -2.34. The van der Waals surface area contributed by atoms with Crippen LogP contribution in [0.1, 0.15) is 40.9 Å². The number of halogens is 1. The maximum Gasteiger partial charge on any atom is 0.255 e. The van der Waals surface area contributed by atoms with E-state index < -0.39 is 0 Å². The molecule has 0 spiro atoms. The molecule has 1 amide bonds. The summed E-state index contributed by atoms with van der Waals surface area (Å²) >= 11 is 1.32. The number of benzene rings is 1. The number of aromatic amines is 1. The highest BCUT2D eigenvalue weighted by Gasteiger charge is 2.39. The third kappa shape index (κ3) is 2.47. The lowest BCUT2D eigenvalue weighted by molar-refractivity contribution is 0.0645. The van der Waals surface area contributed by atoms with Gasteiger partial charge in [-0.3, -0.25) is 9.89 Å². The normalized spacial score (nSPS) is 19.8. The lowest BCUT2D eigenvalue weighted by Crippen LogP contribution is -2.44. The number of hydrogen-bond donors (Lipinski definition) is 1. The van der Waals surface area contributed by atoms with Crippen molar-refractivity contribution in [3.63, 3.8) is 0 Å². The summed E-state index contributed by atoms with van der Waals surface area (Å²) in [6, 6.07) is 5.51. The van der Waals surface area contributed by atoms with Gasteiger partial charge < -0.3 is 4.90 Å². The third-order valence-corrected chi connectivity index (χ3v) is 6.35. The second kappa shape index (κ2) is 5.66. The van der Waals surface area contributed by atoms with Crippen LogP contribution < -0.4 is 0 Å². The summed E-state index contributed by atoms with van der Waals surface area (Å²) in [5, 5.41) is 9.74. The van der Waals surface area contributed by atoms with Gasteiger partial charge in [0.15, 0.2) is 0 Å². The van der Waals surface area contributed by atoms with Crippen molar-refractivity contribution in [1.29, 1.82) is 0 Å². The molecule has 0 bridgehead atoms. The summed E-state index contributed by atoms with van der Waals surface area (Å²) in [6.07, 6.45) is 6.74. The van der Waals surface area contributed by atoms with Crippen LogP contribution in [-0.4, -0.2) is 33.1 Å². The average Bonchev–Trinajstić information content (AvgIpc) is 3.17. The quantitative estimate of drug-likeness (QED) is 0.774. The zero-order valence-corrected chi connectivity index (χ0v) is 14.5. The molecule has 2 aliphatic carbocycles. The van der Waals surface area contributed by atoms with E-state index in [-0.39, 0.29) is 17.8 Å². The summed E-state index contributed by atoms with van der Waals surface area (Å²) in [6.45, 7) is 0. The van der Waals surface area contributed by atoms with E-state index >= 15 is 0 Å². The van der Waals surface area contributed by atoms with Crippen molar-refractivity contribution in [3.8, 4) is 0 Å². The third-order valence-electron chi connectivity index (χ3n) is 5.34. The number of carbonyl (C=O) groups excluding carboxylic acids is 1. The Hall–Kier alpha value is -2.21. The van der Waals surface area contributed by atoms with Crippen LogP contribution in [0.4, 0.5) is 4.39 Å². The zero-order valence-electron chi connectivity index (χ0n) is 13.7. The van der Waals surface area contributed by atoms with Crippen molar-refractivity contribution in [2.24, 2.45) is 0 Å². The number of thiophene rings is 1. The summed E-state index contributed by atoms with van der Waals surface area (Å²) in [5.74, 6) is -0.198. The molecular formula is C19H18FN3OS. The summed E-state index contributed by atoms with van der Waals surface area (Å²) in [7, 11) is 0. The van der Waals surface area contributed by atoms with E-state index in [4.69, 9.17) is 0 Å². The molecular weight excluding hydrogens is 337 g/mol. The summed E-state index contributed by atoms with van der Waals surface area (Å²) in [4.78, 5) is 15.4. The van der Waals surface area contributed by atoms with Gasteiger partial charge in [-0.05, 0) is 43.7 Å². The van der Waals surface area contributed by atoms with Gasteiger partial charge >= 0.3 is 0 Å². The number of carbonyl (C=O) groups is 1. The number of hydrogen-bond acceptors (Lipinski definition) is 3. The van der Waals surface area contributed by atoms with Gasteiger partial charge in [0.05, 0.1) is 16.5 Å². The fourth-order valence-electron chi connectivity index (χ4n) is 3.94. The van der Waals surface area contributed by atoms with Gasteiger partial charge in [-0.25, -0.2) is 4.39 Å². The Balaban J connectivity index is 1.50. The number of amides is 1. The van der Waals surface area contributed by atoms with Crippen LogP contribution in [0.25, 0.3) is 10.1 Å². The number of nitrogens with one attached hydrogen (secondary N) is 1. The predicted molar refractivity (Wildman–Crippen MR) is 95.4 cm³/mol. The summed E-state index contributed by atoms with van der Waals surface area (Å²) in [5.41, 5.74) is 3.06. The van der Waals surface area contributed by atoms with Gasteiger partial charge in [0.25, 0.3) is 5.91 Å². The molecule has 1 fully saturated rings. The van der Waals surface area contributed by atoms with E-state index in [9.17, 15) is 9.18 Å². The minimum Gasteiger partial charge on any atom is -0.332 e. The fourth-order valence-corrected chi connectivity index (χ4v) is 4.89. The summed E-state index contributed by atoms with van der Waals surface area (Å²) < 4.78 is 14.6. The van der Waals surface area contributed by atoms with Crippen molar-refractivity contribution in [3.05, 3.63) is 52.4 Å². The SMILES string of the molecule is O=C(c1csc2c(F)cccc12)N(C1CC1)C1CCc2[nH]ncc2C1. The monoisotopic (exact) mass is 355 g/mol. The number of rotatable bonds is 3. The highest BCUT2D eigenvalue weighted by Crippen LogP contribution is 2.37. The van der Waals surface area contributed by atoms with Crippen molar-refractivity contribution >= 4 is 27.3 Å².